The Bertz CT molecular complexity index is 154. The fourth-order valence-electron chi connectivity index (χ4n) is 1.36. The van der Waals surface area contributed by atoms with Gasteiger partial charge in [-0.2, -0.15) is 0 Å². The molecule has 0 aromatic heterocycles. The Balaban J connectivity index is 3.59. The smallest absolute Gasteiger partial charge is 0.107 e. The van der Waals surface area contributed by atoms with E-state index in [1.807, 2.05) is 13.8 Å². The Kier molecular flexibility index (Phi) is 7.73. The lowest BCUT2D eigenvalue weighted by Crippen LogP contribution is -2.11. The van der Waals surface area contributed by atoms with Crippen LogP contribution >= 0.6 is 0 Å². The molecular formula is C12H22F2. The molecule has 0 heterocycles. The van der Waals surface area contributed by atoms with Crippen LogP contribution < -0.4 is 0 Å². The molecule has 0 bridgehead atoms. The first-order chi connectivity index (χ1) is 6.60. The average Bonchev–Trinajstić information content (AvgIpc) is 2.14. The van der Waals surface area contributed by atoms with Gasteiger partial charge in [0.2, 0.25) is 0 Å². The number of halogens is 2. The predicted molar refractivity (Wildman–Crippen MR) is 58.0 cm³/mol. The standard InChI is InChI=1S/C12H22F2/c1-4-6-7-11(13)9-12(14)8-10(3)5-2/h11-12H,3-9H2,1-2H3. The van der Waals surface area contributed by atoms with E-state index in [2.05, 4.69) is 6.58 Å². The van der Waals surface area contributed by atoms with Gasteiger partial charge < -0.3 is 0 Å². The second-order valence-electron chi connectivity index (χ2n) is 3.88. The molecule has 0 aliphatic carbocycles. The summed E-state index contributed by atoms with van der Waals surface area (Å²) >= 11 is 0. The molecule has 2 heteroatoms. The van der Waals surface area contributed by atoms with Crippen LogP contribution in [0.15, 0.2) is 12.2 Å². The summed E-state index contributed by atoms with van der Waals surface area (Å²) in [6, 6.07) is 0. The third-order valence-electron chi connectivity index (χ3n) is 2.39. The molecule has 0 aliphatic rings. The first kappa shape index (κ1) is 13.6. The zero-order valence-electron chi connectivity index (χ0n) is 9.36. The SMILES string of the molecule is C=C(CC)CC(F)CC(F)CCCC. The van der Waals surface area contributed by atoms with Crippen LogP contribution in [0.1, 0.15) is 52.4 Å². The lowest BCUT2D eigenvalue weighted by Gasteiger charge is -2.12. The van der Waals surface area contributed by atoms with Crippen molar-refractivity contribution in [3.8, 4) is 0 Å². The minimum absolute atomic E-state index is 0.0407. The van der Waals surface area contributed by atoms with Crippen LogP contribution in [0.25, 0.3) is 0 Å². The van der Waals surface area contributed by atoms with E-state index < -0.39 is 12.3 Å². The topological polar surface area (TPSA) is 0 Å². The van der Waals surface area contributed by atoms with Crippen LogP contribution in [-0.4, -0.2) is 12.3 Å². The van der Waals surface area contributed by atoms with Crippen molar-refractivity contribution in [3.63, 3.8) is 0 Å². The second kappa shape index (κ2) is 7.95. The zero-order valence-corrected chi connectivity index (χ0v) is 9.36. The van der Waals surface area contributed by atoms with Crippen LogP contribution in [0.2, 0.25) is 0 Å². The van der Waals surface area contributed by atoms with Crippen LogP contribution in [-0.2, 0) is 0 Å². The van der Waals surface area contributed by atoms with E-state index in [0.29, 0.717) is 12.8 Å². The van der Waals surface area contributed by atoms with E-state index in [-0.39, 0.29) is 6.42 Å². The molecule has 0 aromatic rings. The van der Waals surface area contributed by atoms with Crippen LogP contribution in [0.4, 0.5) is 8.78 Å². The Morgan fingerprint density at radius 1 is 1.21 bits per heavy atom. The second-order valence-corrected chi connectivity index (χ2v) is 3.88. The van der Waals surface area contributed by atoms with Gasteiger partial charge in [-0.15, -0.1) is 0 Å². The maximum Gasteiger partial charge on any atom is 0.107 e. The summed E-state index contributed by atoms with van der Waals surface area (Å²) in [7, 11) is 0. The maximum atomic E-state index is 13.2. The van der Waals surface area contributed by atoms with Crippen molar-refractivity contribution in [2.45, 2.75) is 64.7 Å². The summed E-state index contributed by atoms with van der Waals surface area (Å²) in [6.07, 6.45) is 1.44. The van der Waals surface area contributed by atoms with Gasteiger partial charge in [0.1, 0.15) is 12.3 Å². The first-order valence-electron chi connectivity index (χ1n) is 5.54. The highest BCUT2D eigenvalue weighted by Crippen LogP contribution is 2.18. The summed E-state index contributed by atoms with van der Waals surface area (Å²) < 4.78 is 26.3. The van der Waals surface area contributed by atoms with Crippen molar-refractivity contribution >= 4 is 0 Å². The Morgan fingerprint density at radius 3 is 2.36 bits per heavy atom. The molecule has 2 atom stereocenters. The fourth-order valence-corrected chi connectivity index (χ4v) is 1.36. The third-order valence-corrected chi connectivity index (χ3v) is 2.39. The van der Waals surface area contributed by atoms with E-state index >= 15 is 0 Å². The summed E-state index contributed by atoms with van der Waals surface area (Å²) in [5, 5.41) is 0. The number of hydrogen-bond acceptors (Lipinski definition) is 0. The number of alkyl halides is 2. The van der Waals surface area contributed by atoms with Crippen LogP contribution in [0.3, 0.4) is 0 Å². The molecule has 0 fully saturated rings. The summed E-state index contributed by atoms with van der Waals surface area (Å²) in [5.74, 6) is 0. The van der Waals surface area contributed by atoms with Gasteiger partial charge in [0.05, 0.1) is 0 Å². The van der Waals surface area contributed by atoms with Crippen molar-refractivity contribution in [2.24, 2.45) is 0 Å². The molecule has 0 aliphatic heterocycles. The molecule has 84 valence electrons. The van der Waals surface area contributed by atoms with Crippen molar-refractivity contribution < 1.29 is 8.78 Å². The summed E-state index contributed by atoms with van der Waals surface area (Å²) in [4.78, 5) is 0. The molecule has 0 radical (unpaired) electrons. The Hall–Kier alpha value is -0.400. The first-order valence-corrected chi connectivity index (χ1v) is 5.54. The third kappa shape index (κ3) is 7.05. The van der Waals surface area contributed by atoms with Gasteiger partial charge in [-0.05, 0) is 19.3 Å². The van der Waals surface area contributed by atoms with Crippen molar-refractivity contribution in [1.82, 2.24) is 0 Å². The molecule has 0 amide bonds. The normalized spacial score (nSPS) is 15.1. The average molecular weight is 204 g/mol. The summed E-state index contributed by atoms with van der Waals surface area (Å²) in [6.45, 7) is 7.68. The number of unbranched alkanes of at least 4 members (excludes halogenated alkanes) is 1. The van der Waals surface area contributed by atoms with Crippen molar-refractivity contribution in [1.29, 1.82) is 0 Å². The van der Waals surface area contributed by atoms with Crippen LogP contribution in [0.5, 0.6) is 0 Å². The lowest BCUT2D eigenvalue weighted by atomic mass is 10.0. The molecule has 0 nitrogen and oxygen atoms in total. The molecule has 0 N–H and O–H groups in total. The van der Waals surface area contributed by atoms with Gasteiger partial charge >= 0.3 is 0 Å². The highest BCUT2D eigenvalue weighted by molar-refractivity contribution is 4.95. The van der Waals surface area contributed by atoms with Gasteiger partial charge in [0.25, 0.3) is 0 Å². The number of rotatable bonds is 8. The molecule has 0 saturated heterocycles. The molecule has 0 spiro atoms. The van der Waals surface area contributed by atoms with Gasteiger partial charge in [-0.1, -0.05) is 38.8 Å². The zero-order chi connectivity index (χ0) is 11.0. The van der Waals surface area contributed by atoms with E-state index in [9.17, 15) is 8.78 Å². The van der Waals surface area contributed by atoms with Gasteiger partial charge in [-0.3, -0.25) is 0 Å². The minimum atomic E-state index is -1.05. The Labute approximate surface area is 86.4 Å². The van der Waals surface area contributed by atoms with E-state index in [0.717, 1.165) is 24.8 Å². The van der Waals surface area contributed by atoms with Crippen LogP contribution in [0, 0.1) is 0 Å². The van der Waals surface area contributed by atoms with Crippen molar-refractivity contribution in [2.75, 3.05) is 0 Å². The highest BCUT2D eigenvalue weighted by atomic mass is 19.1. The lowest BCUT2D eigenvalue weighted by molar-refractivity contribution is 0.206. The van der Waals surface area contributed by atoms with E-state index in [4.69, 9.17) is 0 Å². The van der Waals surface area contributed by atoms with Gasteiger partial charge in [0.15, 0.2) is 0 Å². The van der Waals surface area contributed by atoms with E-state index in [1.54, 1.807) is 0 Å². The molecule has 0 rings (SSSR count). The monoisotopic (exact) mass is 204 g/mol. The fraction of sp³-hybridized carbons (Fsp3) is 0.833. The quantitative estimate of drug-likeness (QED) is 0.507. The molecule has 0 saturated carbocycles. The largest absolute Gasteiger partial charge is 0.247 e. The van der Waals surface area contributed by atoms with Gasteiger partial charge in [0, 0.05) is 6.42 Å². The van der Waals surface area contributed by atoms with E-state index in [1.165, 1.54) is 0 Å². The molecule has 2 unspecified atom stereocenters. The summed E-state index contributed by atoms with van der Waals surface area (Å²) in [5.41, 5.74) is 0.875. The molecule has 0 aromatic carbocycles. The molecule has 14 heavy (non-hydrogen) atoms. The predicted octanol–water partition coefficient (Wildman–Crippen LogP) is 4.60. The Morgan fingerprint density at radius 2 is 1.86 bits per heavy atom. The number of allylic oxidation sites excluding steroid dienone is 1. The highest BCUT2D eigenvalue weighted by Gasteiger charge is 2.15. The van der Waals surface area contributed by atoms with Gasteiger partial charge in [-0.25, -0.2) is 8.78 Å². The van der Waals surface area contributed by atoms with Crippen molar-refractivity contribution in [3.05, 3.63) is 12.2 Å². The number of hydrogen-bond donors (Lipinski definition) is 0. The minimum Gasteiger partial charge on any atom is -0.247 e. The molecular weight excluding hydrogens is 182 g/mol. The maximum absolute atomic E-state index is 13.2.